The van der Waals surface area contributed by atoms with E-state index in [4.69, 9.17) is 4.74 Å². The van der Waals surface area contributed by atoms with Crippen LogP contribution >= 0.6 is 0 Å². The van der Waals surface area contributed by atoms with E-state index in [2.05, 4.69) is 13.8 Å². The molecule has 154 valence electrons. The van der Waals surface area contributed by atoms with Crippen molar-refractivity contribution in [1.29, 1.82) is 0 Å². The van der Waals surface area contributed by atoms with E-state index < -0.39 is 9.85 Å². The number of non-ortho nitro benzene ring substituents is 2. The van der Waals surface area contributed by atoms with E-state index in [1.54, 1.807) is 24.3 Å². The molecule has 0 N–H and O–H groups in total. The van der Waals surface area contributed by atoms with Crippen molar-refractivity contribution in [3.8, 4) is 5.75 Å². The summed E-state index contributed by atoms with van der Waals surface area (Å²) in [5.41, 5.74) is 2.13. The lowest BCUT2D eigenvalue weighted by Crippen LogP contribution is -2.10. The Balaban J connectivity index is 1.98. The fourth-order valence-corrected chi connectivity index (χ4v) is 2.85. The monoisotopic (exact) mass is 407 g/mol. The third-order valence-corrected chi connectivity index (χ3v) is 4.32. The van der Waals surface area contributed by atoms with Crippen LogP contribution < -0.4 is 9.64 Å². The van der Waals surface area contributed by atoms with Crippen molar-refractivity contribution in [2.75, 3.05) is 11.5 Å². The molecule has 0 saturated carbocycles. The molecule has 8 nitrogen and oxygen atoms in total. The molecule has 0 spiro atoms. The normalized spacial score (nSPS) is 10.6. The zero-order chi connectivity index (χ0) is 21.7. The van der Waals surface area contributed by atoms with Crippen LogP contribution in [0.1, 0.15) is 13.8 Å². The summed E-state index contributed by atoms with van der Waals surface area (Å²) >= 11 is 0. The van der Waals surface area contributed by atoms with Gasteiger partial charge in [0.25, 0.3) is 11.4 Å². The lowest BCUT2D eigenvalue weighted by molar-refractivity contribution is -0.385. The van der Waals surface area contributed by atoms with Gasteiger partial charge in [0, 0.05) is 41.3 Å². The Hall–Kier alpha value is -3.94. The molecule has 0 bridgehead atoms. The van der Waals surface area contributed by atoms with Crippen LogP contribution in [0.5, 0.6) is 5.75 Å². The molecule has 0 aliphatic heterocycles. The van der Waals surface area contributed by atoms with Crippen molar-refractivity contribution in [2.24, 2.45) is 5.92 Å². The number of nitro groups is 2. The quantitative estimate of drug-likeness (QED) is 0.335. The van der Waals surface area contributed by atoms with Crippen molar-refractivity contribution in [2.45, 2.75) is 13.8 Å². The van der Waals surface area contributed by atoms with Gasteiger partial charge >= 0.3 is 0 Å². The standard InChI is InChI=1S/C22H21N3O5/c1-16(2)15-30-22-13-11-19(12-14-22)23(17-3-7-20(8-4-17)24(26)27)18-5-9-21(10-6-18)25(28)29/h3-14,16H,15H2,1-2H3. The van der Waals surface area contributed by atoms with E-state index in [1.165, 1.54) is 24.3 Å². The van der Waals surface area contributed by atoms with Crippen molar-refractivity contribution in [3.63, 3.8) is 0 Å². The number of anilines is 3. The summed E-state index contributed by atoms with van der Waals surface area (Å²) in [7, 11) is 0. The van der Waals surface area contributed by atoms with E-state index in [-0.39, 0.29) is 11.4 Å². The summed E-state index contributed by atoms with van der Waals surface area (Å²) in [6.45, 7) is 4.74. The van der Waals surface area contributed by atoms with Crippen LogP contribution in [-0.2, 0) is 0 Å². The van der Waals surface area contributed by atoms with Crippen LogP contribution in [0.15, 0.2) is 72.8 Å². The van der Waals surface area contributed by atoms with Crippen LogP contribution in [0, 0.1) is 26.1 Å². The molecule has 3 aromatic rings. The van der Waals surface area contributed by atoms with Crippen LogP contribution in [0.4, 0.5) is 28.4 Å². The Morgan fingerprint density at radius 3 is 1.43 bits per heavy atom. The van der Waals surface area contributed by atoms with Crippen molar-refractivity contribution in [1.82, 2.24) is 0 Å². The van der Waals surface area contributed by atoms with E-state index in [9.17, 15) is 20.2 Å². The van der Waals surface area contributed by atoms with Crippen LogP contribution in [0.2, 0.25) is 0 Å². The highest BCUT2D eigenvalue weighted by Gasteiger charge is 2.16. The number of hydrogen-bond acceptors (Lipinski definition) is 6. The first-order valence-electron chi connectivity index (χ1n) is 9.37. The highest BCUT2D eigenvalue weighted by Crippen LogP contribution is 2.36. The molecule has 0 saturated heterocycles. The Bertz CT molecular complexity index is 959. The molecule has 0 atom stereocenters. The van der Waals surface area contributed by atoms with E-state index in [1.807, 2.05) is 29.2 Å². The summed E-state index contributed by atoms with van der Waals surface area (Å²) in [5.74, 6) is 1.14. The van der Waals surface area contributed by atoms with E-state index >= 15 is 0 Å². The summed E-state index contributed by atoms with van der Waals surface area (Å²) < 4.78 is 5.73. The molecule has 8 heteroatoms. The van der Waals surface area contributed by atoms with Gasteiger partial charge in [-0.15, -0.1) is 0 Å². The lowest BCUT2D eigenvalue weighted by Gasteiger charge is -2.25. The fraction of sp³-hybridized carbons (Fsp3) is 0.182. The summed E-state index contributed by atoms with van der Waals surface area (Å²) in [4.78, 5) is 22.9. The van der Waals surface area contributed by atoms with Gasteiger partial charge in [0.1, 0.15) is 5.75 Å². The zero-order valence-corrected chi connectivity index (χ0v) is 16.6. The fourth-order valence-electron chi connectivity index (χ4n) is 2.85. The van der Waals surface area contributed by atoms with Gasteiger partial charge in [0.05, 0.1) is 16.5 Å². The Kier molecular flexibility index (Phi) is 6.26. The average molecular weight is 407 g/mol. The van der Waals surface area contributed by atoms with Crippen molar-refractivity contribution in [3.05, 3.63) is 93.0 Å². The number of benzene rings is 3. The number of rotatable bonds is 8. The van der Waals surface area contributed by atoms with Crippen LogP contribution in [0.3, 0.4) is 0 Å². The number of nitrogens with zero attached hydrogens (tertiary/aromatic N) is 3. The molecule has 0 radical (unpaired) electrons. The second-order valence-corrected chi connectivity index (χ2v) is 7.08. The summed E-state index contributed by atoms with van der Waals surface area (Å²) in [6.07, 6.45) is 0. The van der Waals surface area contributed by atoms with Gasteiger partial charge in [-0.25, -0.2) is 0 Å². The predicted molar refractivity (Wildman–Crippen MR) is 115 cm³/mol. The smallest absolute Gasteiger partial charge is 0.269 e. The topological polar surface area (TPSA) is 98.8 Å². The van der Waals surface area contributed by atoms with Gasteiger partial charge < -0.3 is 9.64 Å². The highest BCUT2D eigenvalue weighted by atomic mass is 16.6. The lowest BCUT2D eigenvalue weighted by atomic mass is 10.1. The molecule has 3 aromatic carbocycles. The SMILES string of the molecule is CC(C)COc1ccc(N(c2ccc([N+](=O)[O-])cc2)c2ccc([N+](=O)[O-])cc2)cc1. The Morgan fingerprint density at radius 1 is 0.733 bits per heavy atom. The molecule has 30 heavy (non-hydrogen) atoms. The molecular formula is C22H21N3O5. The van der Waals surface area contributed by atoms with Crippen molar-refractivity contribution >= 4 is 28.4 Å². The molecule has 0 fully saturated rings. The average Bonchev–Trinajstić information content (AvgIpc) is 2.74. The number of ether oxygens (including phenoxy) is 1. The molecule has 0 aliphatic carbocycles. The van der Waals surface area contributed by atoms with Gasteiger partial charge in [-0.05, 0) is 54.4 Å². The molecule has 0 aliphatic rings. The maximum absolute atomic E-state index is 11.0. The molecule has 0 unspecified atom stereocenters. The first-order valence-corrected chi connectivity index (χ1v) is 9.37. The molecule has 0 heterocycles. The molecule has 0 amide bonds. The minimum Gasteiger partial charge on any atom is -0.493 e. The molecular weight excluding hydrogens is 386 g/mol. The molecule has 3 rings (SSSR count). The number of nitro benzene ring substituents is 2. The van der Waals surface area contributed by atoms with Gasteiger partial charge in [0.2, 0.25) is 0 Å². The summed E-state index contributed by atoms with van der Waals surface area (Å²) in [5, 5.41) is 22.0. The first-order chi connectivity index (χ1) is 14.3. The highest BCUT2D eigenvalue weighted by molar-refractivity contribution is 5.77. The third-order valence-electron chi connectivity index (χ3n) is 4.32. The van der Waals surface area contributed by atoms with Gasteiger partial charge in [-0.3, -0.25) is 20.2 Å². The zero-order valence-electron chi connectivity index (χ0n) is 16.6. The van der Waals surface area contributed by atoms with Gasteiger partial charge in [-0.2, -0.15) is 0 Å². The largest absolute Gasteiger partial charge is 0.493 e. The Morgan fingerprint density at radius 2 is 1.10 bits per heavy atom. The minimum absolute atomic E-state index is 0.0140. The second-order valence-electron chi connectivity index (χ2n) is 7.08. The minimum atomic E-state index is -0.457. The maximum atomic E-state index is 11.0. The van der Waals surface area contributed by atoms with Gasteiger partial charge in [0.15, 0.2) is 0 Å². The second kappa shape index (κ2) is 9.04. The number of hydrogen-bond donors (Lipinski definition) is 0. The van der Waals surface area contributed by atoms with E-state index in [0.29, 0.717) is 23.9 Å². The first kappa shape index (κ1) is 20.8. The van der Waals surface area contributed by atoms with Gasteiger partial charge in [-0.1, -0.05) is 13.8 Å². The third kappa shape index (κ3) is 4.91. The van der Waals surface area contributed by atoms with Crippen LogP contribution in [0.25, 0.3) is 0 Å². The summed E-state index contributed by atoms with van der Waals surface area (Å²) in [6, 6.07) is 19.7. The van der Waals surface area contributed by atoms with E-state index in [0.717, 1.165) is 11.4 Å². The Labute approximate surface area is 173 Å². The maximum Gasteiger partial charge on any atom is 0.269 e. The van der Waals surface area contributed by atoms with Crippen molar-refractivity contribution < 1.29 is 14.6 Å². The predicted octanol–water partition coefficient (Wildman–Crippen LogP) is 6.01. The van der Waals surface area contributed by atoms with Crippen LogP contribution in [-0.4, -0.2) is 16.5 Å². The molecule has 0 aromatic heterocycles.